The van der Waals surface area contributed by atoms with E-state index in [1.54, 1.807) is 0 Å². The molecule has 0 radical (unpaired) electrons. The van der Waals surface area contributed by atoms with E-state index in [4.69, 9.17) is 4.74 Å². The number of hydrogen-bond acceptors (Lipinski definition) is 4. The van der Waals surface area contributed by atoms with Crippen LogP contribution in [0.1, 0.15) is 36.8 Å². The summed E-state index contributed by atoms with van der Waals surface area (Å²) in [6, 6.07) is 19.4. The number of anilines is 1. The van der Waals surface area contributed by atoms with Crippen molar-refractivity contribution in [1.29, 1.82) is 0 Å². The third kappa shape index (κ3) is 6.17. The highest BCUT2D eigenvalue weighted by molar-refractivity contribution is 7.80. The number of carbonyl (C=O) groups is 1. The molecule has 33 heavy (non-hydrogen) atoms. The molecule has 0 spiro atoms. The molecule has 4 nitrogen and oxygen atoms in total. The summed E-state index contributed by atoms with van der Waals surface area (Å²) in [4.78, 5) is 14.2. The number of hydrogen-bond donors (Lipinski definition) is 1. The van der Waals surface area contributed by atoms with Crippen molar-refractivity contribution in [3.63, 3.8) is 0 Å². The number of aromatic nitrogens is 1. The molecular weight excluding hydrogens is 428 g/mol. The second kappa shape index (κ2) is 11.4. The summed E-state index contributed by atoms with van der Waals surface area (Å²) >= 11 is 4.15. The first kappa shape index (κ1) is 23.4. The first-order valence-corrected chi connectivity index (χ1v) is 12.4. The summed E-state index contributed by atoms with van der Waals surface area (Å²) in [5.74, 6) is 1.02. The SMILES string of the molecule is C[n+]1ccc(/C=C/c2ccc(N3CCCC(COC(=O)CCCS)C3)cc2)c2ccccc21. The summed E-state index contributed by atoms with van der Waals surface area (Å²) in [5, 5.41) is 1.25. The Bertz CT molecular complexity index is 1110. The molecule has 1 aliphatic heterocycles. The molecule has 4 rings (SSSR count). The van der Waals surface area contributed by atoms with Gasteiger partial charge in [0.1, 0.15) is 7.05 Å². The Kier molecular flexibility index (Phi) is 8.05. The van der Waals surface area contributed by atoms with Crippen LogP contribution in [0.2, 0.25) is 0 Å². The fraction of sp³-hybridized carbons (Fsp3) is 0.357. The topological polar surface area (TPSA) is 33.4 Å². The molecule has 0 aliphatic carbocycles. The number of thiol groups is 1. The Labute approximate surface area is 202 Å². The van der Waals surface area contributed by atoms with Gasteiger partial charge in [0.25, 0.3) is 0 Å². The minimum absolute atomic E-state index is 0.0998. The molecule has 2 aromatic carbocycles. The van der Waals surface area contributed by atoms with Crippen molar-refractivity contribution >= 4 is 47.3 Å². The summed E-state index contributed by atoms with van der Waals surface area (Å²) in [5.41, 5.74) is 4.86. The molecule has 1 aliphatic rings. The van der Waals surface area contributed by atoms with Crippen LogP contribution in [-0.4, -0.2) is 31.4 Å². The van der Waals surface area contributed by atoms with Crippen molar-refractivity contribution in [1.82, 2.24) is 0 Å². The molecule has 0 bridgehead atoms. The van der Waals surface area contributed by atoms with E-state index in [2.05, 4.69) is 102 Å². The number of fused-ring (bicyclic) bond motifs is 1. The smallest absolute Gasteiger partial charge is 0.305 e. The summed E-state index contributed by atoms with van der Waals surface area (Å²) in [6.07, 6.45) is 9.95. The van der Waals surface area contributed by atoms with Crippen LogP contribution in [0, 0.1) is 5.92 Å². The maximum atomic E-state index is 11.8. The van der Waals surface area contributed by atoms with Gasteiger partial charge in [0.2, 0.25) is 5.52 Å². The molecule has 0 N–H and O–H groups in total. The lowest BCUT2D eigenvalue weighted by molar-refractivity contribution is -0.644. The van der Waals surface area contributed by atoms with Gasteiger partial charge < -0.3 is 9.64 Å². The fourth-order valence-electron chi connectivity index (χ4n) is 4.46. The maximum Gasteiger partial charge on any atom is 0.305 e. The predicted molar refractivity (Wildman–Crippen MR) is 139 cm³/mol. The van der Waals surface area contributed by atoms with Crippen LogP contribution in [0.15, 0.2) is 60.8 Å². The molecule has 5 heteroatoms. The van der Waals surface area contributed by atoms with Crippen LogP contribution < -0.4 is 9.47 Å². The molecule has 1 aromatic heterocycles. The standard InChI is InChI=1S/C28H32N2O2S/c1-29-18-16-24(26-7-2-3-8-27(26)29)13-10-22-11-14-25(15-12-22)30-17-4-6-23(20-30)21-32-28(31)9-5-19-33/h2-3,7-8,10-16,18,23H,4-6,9,17,19-21H2,1H3/p+1. The Morgan fingerprint density at radius 3 is 2.79 bits per heavy atom. The molecule has 2 heterocycles. The largest absolute Gasteiger partial charge is 0.465 e. The number of esters is 1. The minimum Gasteiger partial charge on any atom is -0.465 e. The predicted octanol–water partition coefficient (Wildman–Crippen LogP) is 5.30. The fourth-order valence-corrected chi connectivity index (χ4v) is 4.62. The Morgan fingerprint density at radius 2 is 1.97 bits per heavy atom. The maximum absolute atomic E-state index is 11.8. The number of ether oxygens (including phenoxy) is 1. The zero-order chi connectivity index (χ0) is 23.0. The van der Waals surface area contributed by atoms with Gasteiger partial charge in [0.15, 0.2) is 6.20 Å². The van der Waals surface area contributed by atoms with Gasteiger partial charge in [-0.05, 0) is 54.3 Å². The monoisotopic (exact) mass is 461 g/mol. The lowest BCUT2D eigenvalue weighted by atomic mass is 9.98. The van der Waals surface area contributed by atoms with E-state index in [0.29, 0.717) is 18.9 Å². The molecule has 1 unspecified atom stereocenters. The van der Waals surface area contributed by atoms with E-state index < -0.39 is 0 Å². The molecule has 0 amide bonds. The number of carbonyl (C=O) groups excluding carboxylic acids is 1. The zero-order valence-electron chi connectivity index (χ0n) is 19.3. The van der Waals surface area contributed by atoms with Gasteiger partial charge in [0, 0.05) is 43.2 Å². The number of piperidine rings is 1. The highest BCUT2D eigenvalue weighted by Crippen LogP contribution is 2.25. The highest BCUT2D eigenvalue weighted by Gasteiger charge is 2.21. The molecule has 1 saturated heterocycles. The third-order valence-electron chi connectivity index (χ3n) is 6.32. The zero-order valence-corrected chi connectivity index (χ0v) is 20.2. The third-order valence-corrected chi connectivity index (χ3v) is 6.64. The Morgan fingerprint density at radius 1 is 1.15 bits per heavy atom. The summed E-state index contributed by atoms with van der Waals surface area (Å²) in [6.45, 7) is 2.50. The van der Waals surface area contributed by atoms with Crippen molar-refractivity contribution in [3.05, 3.63) is 71.9 Å². The second-order valence-corrected chi connectivity index (χ2v) is 9.24. The van der Waals surface area contributed by atoms with Crippen molar-refractivity contribution < 1.29 is 14.1 Å². The van der Waals surface area contributed by atoms with E-state index >= 15 is 0 Å². The lowest BCUT2D eigenvalue weighted by Gasteiger charge is -2.34. The van der Waals surface area contributed by atoms with E-state index in [-0.39, 0.29) is 5.97 Å². The number of aryl methyl sites for hydroxylation is 1. The van der Waals surface area contributed by atoms with Crippen LogP contribution in [0.25, 0.3) is 23.1 Å². The van der Waals surface area contributed by atoms with Gasteiger partial charge in [-0.2, -0.15) is 12.6 Å². The van der Waals surface area contributed by atoms with Crippen LogP contribution in [0.3, 0.4) is 0 Å². The van der Waals surface area contributed by atoms with Crippen LogP contribution in [0.4, 0.5) is 5.69 Å². The van der Waals surface area contributed by atoms with Crippen LogP contribution in [-0.2, 0) is 16.6 Å². The van der Waals surface area contributed by atoms with Crippen molar-refractivity contribution in [2.75, 3.05) is 30.3 Å². The second-order valence-electron chi connectivity index (χ2n) is 8.79. The van der Waals surface area contributed by atoms with Gasteiger partial charge in [-0.25, -0.2) is 4.57 Å². The minimum atomic E-state index is -0.0998. The first-order chi connectivity index (χ1) is 16.1. The molecular formula is C28H33N2O2S+. The molecule has 1 atom stereocenters. The van der Waals surface area contributed by atoms with Crippen LogP contribution in [0.5, 0.6) is 0 Å². The van der Waals surface area contributed by atoms with E-state index in [1.807, 2.05) is 0 Å². The average Bonchev–Trinajstić information content (AvgIpc) is 2.86. The summed E-state index contributed by atoms with van der Waals surface area (Å²) in [7, 11) is 2.08. The van der Waals surface area contributed by atoms with Crippen molar-refractivity contribution in [2.45, 2.75) is 25.7 Å². The lowest BCUT2D eigenvalue weighted by Crippen LogP contribution is -2.37. The normalized spacial score (nSPS) is 16.4. The first-order valence-electron chi connectivity index (χ1n) is 11.8. The van der Waals surface area contributed by atoms with Crippen LogP contribution >= 0.6 is 12.6 Å². The quantitative estimate of drug-likeness (QED) is 0.281. The van der Waals surface area contributed by atoms with Gasteiger partial charge in [-0.3, -0.25) is 4.79 Å². The number of pyridine rings is 1. The van der Waals surface area contributed by atoms with Gasteiger partial charge in [0.05, 0.1) is 12.0 Å². The molecule has 1 fully saturated rings. The number of para-hydroxylation sites is 1. The van der Waals surface area contributed by atoms with E-state index in [0.717, 1.165) is 38.1 Å². The molecule has 172 valence electrons. The Hall–Kier alpha value is -2.79. The Balaban J connectivity index is 1.37. The average molecular weight is 462 g/mol. The number of benzene rings is 2. The van der Waals surface area contributed by atoms with Gasteiger partial charge >= 0.3 is 5.97 Å². The molecule has 0 saturated carbocycles. The van der Waals surface area contributed by atoms with Crippen molar-refractivity contribution in [3.8, 4) is 0 Å². The highest BCUT2D eigenvalue weighted by atomic mass is 32.1. The van der Waals surface area contributed by atoms with E-state index in [9.17, 15) is 4.79 Å². The number of nitrogens with zero attached hydrogens (tertiary/aromatic N) is 2. The van der Waals surface area contributed by atoms with Gasteiger partial charge in [-0.15, -0.1) is 0 Å². The van der Waals surface area contributed by atoms with E-state index in [1.165, 1.54) is 27.7 Å². The number of rotatable bonds is 8. The van der Waals surface area contributed by atoms with Gasteiger partial charge in [-0.1, -0.05) is 36.4 Å². The van der Waals surface area contributed by atoms with Crippen molar-refractivity contribution in [2.24, 2.45) is 13.0 Å². The molecule has 3 aromatic rings. The summed E-state index contributed by atoms with van der Waals surface area (Å²) < 4.78 is 7.64.